The SMILES string of the molecule is CC1CCc2[nH]c3c(c2C1)C(=O)CC(O)C3. The van der Waals surface area contributed by atoms with E-state index < -0.39 is 6.10 Å². The van der Waals surface area contributed by atoms with Gasteiger partial charge in [-0.3, -0.25) is 4.79 Å². The third kappa shape index (κ3) is 1.42. The lowest BCUT2D eigenvalue weighted by atomic mass is 9.83. The van der Waals surface area contributed by atoms with Crippen LogP contribution in [0.25, 0.3) is 0 Å². The van der Waals surface area contributed by atoms with Crippen molar-refractivity contribution in [3.63, 3.8) is 0 Å². The molecule has 1 heterocycles. The van der Waals surface area contributed by atoms with Crippen LogP contribution in [0.3, 0.4) is 0 Å². The summed E-state index contributed by atoms with van der Waals surface area (Å²) in [5.74, 6) is 0.799. The van der Waals surface area contributed by atoms with Gasteiger partial charge in [0.25, 0.3) is 0 Å². The fraction of sp³-hybridized carbons (Fsp3) is 0.615. The lowest BCUT2D eigenvalue weighted by Gasteiger charge is -2.20. The number of carbonyl (C=O) groups excluding carboxylic acids is 1. The molecule has 0 spiro atoms. The number of fused-ring (bicyclic) bond motifs is 3. The van der Waals surface area contributed by atoms with E-state index in [1.54, 1.807) is 0 Å². The van der Waals surface area contributed by atoms with Crippen LogP contribution < -0.4 is 0 Å². The normalized spacial score (nSPS) is 28.8. The molecule has 1 aromatic rings. The molecule has 2 N–H and O–H groups in total. The molecule has 0 saturated carbocycles. The smallest absolute Gasteiger partial charge is 0.167 e. The van der Waals surface area contributed by atoms with Crippen molar-refractivity contribution in [1.29, 1.82) is 0 Å². The number of aryl methyl sites for hydroxylation is 1. The van der Waals surface area contributed by atoms with Gasteiger partial charge in [-0.25, -0.2) is 0 Å². The van der Waals surface area contributed by atoms with Crippen LogP contribution in [0, 0.1) is 5.92 Å². The van der Waals surface area contributed by atoms with Crippen LogP contribution >= 0.6 is 0 Å². The second-order valence-electron chi connectivity index (χ2n) is 5.27. The third-order valence-corrected chi connectivity index (χ3v) is 3.85. The highest BCUT2D eigenvalue weighted by molar-refractivity contribution is 6.00. The monoisotopic (exact) mass is 219 g/mol. The quantitative estimate of drug-likeness (QED) is 0.696. The van der Waals surface area contributed by atoms with Gasteiger partial charge in [-0.15, -0.1) is 0 Å². The zero-order valence-corrected chi connectivity index (χ0v) is 9.55. The van der Waals surface area contributed by atoms with Crippen molar-refractivity contribution in [1.82, 2.24) is 4.98 Å². The van der Waals surface area contributed by atoms with Gasteiger partial charge in [0.1, 0.15) is 0 Å². The Labute approximate surface area is 94.9 Å². The molecule has 0 amide bonds. The molecule has 16 heavy (non-hydrogen) atoms. The number of ketones is 1. The zero-order chi connectivity index (χ0) is 11.3. The summed E-state index contributed by atoms with van der Waals surface area (Å²) in [5.41, 5.74) is 4.37. The molecular formula is C13H17NO2. The average Bonchev–Trinajstić information content (AvgIpc) is 2.54. The summed E-state index contributed by atoms with van der Waals surface area (Å²) in [4.78, 5) is 15.3. The van der Waals surface area contributed by atoms with E-state index in [1.165, 1.54) is 17.7 Å². The Bertz CT molecular complexity index is 447. The van der Waals surface area contributed by atoms with E-state index in [9.17, 15) is 9.90 Å². The first-order chi connectivity index (χ1) is 7.65. The maximum absolute atomic E-state index is 12.0. The standard InChI is InChI=1S/C13H17NO2/c1-7-2-3-10-9(4-7)13-11(14-10)5-8(15)6-12(13)16/h7-8,14-15H,2-6H2,1H3. The van der Waals surface area contributed by atoms with E-state index in [0.717, 1.165) is 24.1 Å². The van der Waals surface area contributed by atoms with Crippen molar-refractivity contribution in [2.45, 2.75) is 45.1 Å². The number of H-pyrrole nitrogens is 1. The summed E-state index contributed by atoms with van der Waals surface area (Å²) < 4.78 is 0. The molecule has 3 heteroatoms. The van der Waals surface area contributed by atoms with Crippen LogP contribution in [0.2, 0.25) is 0 Å². The molecule has 1 aromatic heterocycles. The van der Waals surface area contributed by atoms with Crippen molar-refractivity contribution < 1.29 is 9.90 Å². The first-order valence-electron chi connectivity index (χ1n) is 6.09. The van der Waals surface area contributed by atoms with Gasteiger partial charge in [-0.2, -0.15) is 0 Å². The summed E-state index contributed by atoms with van der Waals surface area (Å²) in [6.45, 7) is 2.24. The minimum Gasteiger partial charge on any atom is -0.392 e. The summed E-state index contributed by atoms with van der Waals surface area (Å²) in [5, 5.41) is 9.60. The molecule has 0 aliphatic heterocycles. The number of aliphatic hydroxyl groups excluding tert-OH is 1. The second-order valence-corrected chi connectivity index (χ2v) is 5.27. The van der Waals surface area contributed by atoms with Gasteiger partial charge < -0.3 is 10.1 Å². The Morgan fingerprint density at radius 3 is 2.88 bits per heavy atom. The van der Waals surface area contributed by atoms with Crippen molar-refractivity contribution in [3.05, 3.63) is 22.5 Å². The fourth-order valence-corrected chi connectivity index (χ4v) is 3.05. The number of hydrogen-bond acceptors (Lipinski definition) is 2. The summed E-state index contributed by atoms with van der Waals surface area (Å²) >= 11 is 0. The molecule has 0 radical (unpaired) electrons. The number of aromatic nitrogens is 1. The lowest BCUT2D eigenvalue weighted by molar-refractivity contribution is 0.0850. The van der Waals surface area contributed by atoms with E-state index in [4.69, 9.17) is 0 Å². The Morgan fingerprint density at radius 1 is 1.25 bits per heavy atom. The Hall–Kier alpha value is -1.09. The number of nitrogens with one attached hydrogen (secondary N) is 1. The lowest BCUT2D eigenvalue weighted by Crippen LogP contribution is -2.24. The molecule has 3 nitrogen and oxygen atoms in total. The number of carbonyl (C=O) groups is 1. The third-order valence-electron chi connectivity index (χ3n) is 3.85. The molecule has 86 valence electrons. The molecular weight excluding hydrogens is 202 g/mol. The van der Waals surface area contributed by atoms with Crippen LogP contribution in [-0.4, -0.2) is 22.0 Å². The van der Waals surface area contributed by atoms with E-state index in [0.29, 0.717) is 18.8 Å². The topological polar surface area (TPSA) is 53.1 Å². The van der Waals surface area contributed by atoms with Crippen molar-refractivity contribution in [2.75, 3.05) is 0 Å². The minimum absolute atomic E-state index is 0.125. The predicted octanol–water partition coefficient (Wildman–Crippen LogP) is 1.63. The highest BCUT2D eigenvalue weighted by Crippen LogP contribution is 2.33. The van der Waals surface area contributed by atoms with Gasteiger partial charge >= 0.3 is 0 Å². The van der Waals surface area contributed by atoms with Crippen LogP contribution in [0.1, 0.15) is 47.1 Å². The number of hydrogen-bond donors (Lipinski definition) is 2. The highest BCUT2D eigenvalue weighted by atomic mass is 16.3. The molecule has 2 aliphatic carbocycles. The Balaban J connectivity index is 2.09. The van der Waals surface area contributed by atoms with Crippen molar-refractivity contribution >= 4 is 5.78 Å². The maximum Gasteiger partial charge on any atom is 0.167 e. The van der Waals surface area contributed by atoms with E-state index in [1.807, 2.05) is 0 Å². The minimum atomic E-state index is -0.488. The first-order valence-corrected chi connectivity index (χ1v) is 6.09. The summed E-state index contributed by atoms with van der Waals surface area (Å²) in [6, 6.07) is 0. The van der Waals surface area contributed by atoms with Gasteiger partial charge in [0.05, 0.1) is 6.10 Å². The Morgan fingerprint density at radius 2 is 2.06 bits per heavy atom. The van der Waals surface area contributed by atoms with Gasteiger partial charge in [0.15, 0.2) is 5.78 Å². The molecule has 2 unspecified atom stereocenters. The van der Waals surface area contributed by atoms with E-state index >= 15 is 0 Å². The van der Waals surface area contributed by atoms with Crippen LogP contribution in [-0.2, 0) is 19.3 Å². The Kier molecular flexibility index (Phi) is 2.18. The molecule has 2 atom stereocenters. The maximum atomic E-state index is 12.0. The first kappa shape index (κ1) is 10.1. The average molecular weight is 219 g/mol. The molecule has 0 bridgehead atoms. The van der Waals surface area contributed by atoms with Gasteiger partial charge in [0.2, 0.25) is 0 Å². The molecule has 0 saturated heterocycles. The van der Waals surface area contributed by atoms with Crippen LogP contribution in [0.5, 0.6) is 0 Å². The molecule has 0 fully saturated rings. The number of aliphatic hydroxyl groups is 1. The van der Waals surface area contributed by atoms with Gasteiger partial charge in [0, 0.05) is 29.8 Å². The predicted molar refractivity (Wildman–Crippen MR) is 60.6 cm³/mol. The van der Waals surface area contributed by atoms with E-state index in [2.05, 4.69) is 11.9 Å². The summed E-state index contributed by atoms with van der Waals surface area (Å²) in [6.07, 6.45) is 3.69. The second kappa shape index (κ2) is 3.45. The zero-order valence-electron chi connectivity index (χ0n) is 9.55. The molecule has 0 aromatic carbocycles. The summed E-state index contributed by atoms with van der Waals surface area (Å²) in [7, 11) is 0. The van der Waals surface area contributed by atoms with Crippen LogP contribution in [0.4, 0.5) is 0 Å². The number of Topliss-reactive ketones (excluding diaryl/α,β-unsaturated/α-hetero) is 1. The molecule has 2 aliphatic rings. The highest BCUT2D eigenvalue weighted by Gasteiger charge is 2.31. The van der Waals surface area contributed by atoms with Crippen LogP contribution in [0.15, 0.2) is 0 Å². The fourth-order valence-electron chi connectivity index (χ4n) is 3.05. The van der Waals surface area contributed by atoms with Gasteiger partial charge in [-0.05, 0) is 30.7 Å². The molecule has 3 rings (SSSR count). The van der Waals surface area contributed by atoms with Gasteiger partial charge in [-0.1, -0.05) is 6.92 Å². The van der Waals surface area contributed by atoms with Crippen molar-refractivity contribution in [2.24, 2.45) is 5.92 Å². The largest absolute Gasteiger partial charge is 0.392 e. The number of aromatic amines is 1. The van der Waals surface area contributed by atoms with E-state index in [-0.39, 0.29) is 5.78 Å². The van der Waals surface area contributed by atoms with Crippen molar-refractivity contribution in [3.8, 4) is 0 Å². The number of rotatable bonds is 0.